The van der Waals surface area contributed by atoms with Gasteiger partial charge >= 0.3 is 5.97 Å². The Hall–Kier alpha value is -1.93. The summed E-state index contributed by atoms with van der Waals surface area (Å²) < 4.78 is 25.5. The molecule has 0 saturated heterocycles. The summed E-state index contributed by atoms with van der Waals surface area (Å²) in [5.74, 6) is -2.35. The first-order valence-electron chi connectivity index (χ1n) is 6.38. The number of rotatable bonds is 6. The zero-order chi connectivity index (χ0) is 15.6. The predicted molar refractivity (Wildman–Crippen MR) is 73.8 cm³/mol. The van der Waals surface area contributed by atoms with Crippen LogP contribution in [0.25, 0.3) is 0 Å². The number of carboxylic acid groups (broad SMARTS) is 1. The zero-order valence-corrected chi connectivity index (χ0v) is 12.2. The third-order valence-corrected chi connectivity index (χ3v) is 4.80. The molecule has 21 heavy (non-hydrogen) atoms. The molecule has 1 aromatic carbocycles. The third-order valence-electron chi connectivity index (χ3n) is 3.39. The Labute approximate surface area is 122 Å². The maximum atomic E-state index is 11.7. The van der Waals surface area contributed by atoms with Gasteiger partial charge < -0.3 is 10.4 Å². The molecular weight excluding hydrogens is 296 g/mol. The van der Waals surface area contributed by atoms with E-state index in [1.165, 1.54) is 19.2 Å². The topological polar surface area (TPSA) is 113 Å². The number of hydrogen-bond acceptors (Lipinski definition) is 4. The molecule has 1 aromatic rings. The maximum absolute atomic E-state index is 11.7. The normalized spacial score (nSPS) is 20.8. The van der Waals surface area contributed by atoms with Crippen LogP contribution < -0.4 is 10.0 Å². The number of aliphatic carboxylic acids is 1. The molecule has 0 bridgehead atoms. The number of carbonyl (C=O) groups excluding carboxylic acids is 1. The van der Waals surface area contributed by atoms with E-state index in [1.807, 2.05) is 0 Å². The zero-order valence-electron chi connectivity index (χ0n) is 11.4. The van der Waals surface area contributed by atoms with E-state index in [2.05, 4.69) is 10.0 Å². The van der Waals surface area contributed by atoms with Gasteiger partial charge in [0.1, 0.15) is 0 Å². The standard InChI is InChI=1S/C13H16N2O5S/c1-14-21(19,20)9-4-2-3-8(5-9)7-15-12(16)10-6-11(10)13(17)18/h2-5,10-11,14H,6-7H2,1H3,(H,15,16)(H,17,18). The van der Waals surface area contributed by atoms with E-state index >= 15 is 0 Å². The Morgan fingerprint density at radius 3 is 2.62 bits per heavy atom. The predicted octanol–water partition coefficient (Wildman–Crippen LogP) is -0.0684. The van der Waals surface area contributed by atoms with Crippen LogP contribution in [0.3, 0.4) is 0 Å². The minimum absolute atomic E-state index is 0.117. The first-order valence-corrected chi connectivity index (χ1v) is 7.86. The van der Waals surface area contributed by atoms with Gasteiger partial charge in [-0.1, -0.05) is 12.1 Å². The number of sulfonamides is 1. The highest BCUT2D eigenvalue weighted by Gasteiger charge is 2.48. The van der Waals surface area contributed by atoms with Crippen LogP contribution in [0.5, 0.6) is 0 Å². The van der Waals surface area contributed by atoms with Crippen molar-refractivity contribution >= 4 is 21.9 Å². The molecule has 1 fully saturated rings. The van der Waals surface area contributed by atoms with E-state index in [1.54, 1.807) is 12.1 Å². The van der Waals surface area contributed by atoms with Crippen molar-refractivity contribution in [2.45, 2.75) is 17.9 Å². The van der Waals surface area contributed by atoms with Gasteiger partial charge in [-0.3, -0.25) is 9.59 Å². The molecular formula is C13H16N2O5S. The molecule has 8 heteroatoms. The van der Waals surface area contributed by atoms with E-state index in [-0.39, 0.29) is 17.3 Å². The molecule has 1 aliphatic rings. The highest BCUT2D eigenvalue weighted by molar-refractivity contribution is 7.89. The molecule has 3 N–H and O–H groups in total. The monoisotopic (exact) mass is 312 g/mol. The van der Waals surface area contributed by atoms with E-state index in [9.17, 15) is 18.0 Å². The molecule has 7 nitrogen and oxygen atoms in total. The first-order chi connectivity index (χ1) is 9.85. The van der Waals surface area contributed by atoms with Crippen LogP contribution >= 0.6 is 0 Å². The van der Waals surface area contributed by atoms with E-state index in [4.69, 9.17) is 5.11 Å². The van der Waals surface area contributed by atoms with E-state index in [0.717, 1.165) is 0 Å². The molecule has 0 aliphatic heterocycles. The van der Waals surface area contributed by atoms with Crippen molar-refractivity contribution in [3.63, 3.8) is 0 Å². The van der Waals surface area contributed by atoms with Crippen molar-refractivity contribution in [3.8, 4) is 0 Å². The Morgan fingerprint density at radius 2 is 2.05 bits per heavy atom. The quantitative estimate of drug-likeness (QED) is 0.681. The van der Waals surface area contributed by atoms with Crippen molar-refractivity contribution < 1.29 is 23.1 Å². The van der Waals surface area contributed by atoms with E-state index in [0.29, 0.717) is 12.0 Å². The Balaban J connectivity index is 1.97. The Bertz CT molecular complexity index is 671. The molecule has 1 saturated carbocycles. The van der Waals surface area contributed by atoms with Gasteiger partial charge in [0.15, 0.2) is 0 Å². The second kappa shape index (κ2) is 5.82. The van der Waals surface area contributed by atoms with Gasteiger partial charge in [-0.05, 0) is 31.2 Å². The molecule has 2 unspecified atom stereocenters. The number of carbonyl (C=O) groups is 2. The van der Waals surface area contributed by atoms with Crippen LogP contribution in [0.2, 0.25) is 0 Å². The van der Waals surface area contributed by atoms with Crippen molar-refractivity contribution in [1.29, 1.82) is 0 Å². The lowest BCUT2D eigenvalue weighted by Crippen LogP contribution is -2.26. The molecule has 2 atom stereocenters. The number of amides is 1. The number of hydrogen-bond donors (Lipinski definition) is 3. The summed E-state index contributed by atoms with van der Waals surface area (Å²) in [6.45, 7) is 0.161. The van der Waals surface area contributed by atoms with Crippen molar-refractivity contribution in [2.24, 2.45) is 11.8 Å². The molecule has 1 aliphatic carbocycles. The van der Waals surface area contributed by atoms with Crippen LogP contribution in [0.4, 0.5) is 0 Å². The summed E-state index contributed by atoms with van der Waals surface area (Å²) in [6, 6.07) is 6.20. The highest BCUT2D eigenvalue weighted by Crippen LogP contribution is 2.38. The van der Waals surface area contributed by atoms with Gasteiger partial charge in [0.2, 0.25) is 15.9 Å². The minimum Gasteiger partial charge on any atom is -0.481 e. The molecule has 2 rings (SSSR count). The fourth-order valence-electron chi connectivity index (χ4n) is 2.02. The van der Waals surface area contributed by atoms with Crippen LogP contribution in [-0.4, -0.2) is 32.4 Å². The summed E-state index contributed by atoms with van der Waals surface area (Å²) in [5, 5.41) is 11.4. The maximum Gasteiger partial charge on any atom is 0.307 e. The molecule has 0 radical (unpaired) electrons. The molecule has 0 spiro atoms. The van der Waals surface area contributed by atoms with Gasteiger partial charge in [-0.2, -0.15) is 0 Å². The van der Waals surface area contributed by atoms with Gasteiger partial charge in [0.25, 0.3) is 0 Å². The largest absolute Gasteiger partial charge is 0.481 e. The fraction of sp³-hybridized carbons (Fsp3) is 0.385. The summed E-state index contributed by atoms with van der Waals surface area (Å²) in [7, 11) is -2.20. The second-order valence-electron chi connectivity index (χ2n) is 4.86. The lowest BCUT2D eigenvalue weighted by atomic mass is 10.2. The molecule has 0 heterocycles. The SMILES string of the molecule is CNS(=O)(=O)c1cccc(CNC(=O)C2CC2C(=O)O)c1. The molecule has 114 valence electrons. The van der Waals surface area contributed by atoms with Crippen LogP contribution in [0.15, 0.2) is 29.2 Å². The van der Waals surface area contributed by atoms with Crippen LogP contribution in [0.1, 0.15) is 12.0 Å². The summed E-state index contributed by atoms with van der Waals surface area (Å²) in [6.07, 6.45) is 0.356. The summed E-state index contributed by atoms with van der Waals surface area (Å²) in [5.41, 5.74) is 0.632. The Morgan fingerprint density at radius 1 is 1.33 bits per heavy atom. The third kappa shape index (κ3) is 3.59. The molecule has 0 aromatic heterocycles. The fourth-order valence-corrected chi connectivity index (χ4v) is 2.82. The van der Waals surface area contributed by atoms with Gasteiger partial charge in [0.05, 0.1) is 16.7 Å². The summed E-state index contributed by atoms with van der Waals surface area (Å²) in [4.78, 5) is 22.5. The lowest BCUT2D eigenvalue weighted by molar-refractivity contribution is -0.140. The smallest absolute Gasteiger partial charge is 0.307 e. The van der Waals surface area contributed by atoms with Crippen LogP contribution in [0, 0.1) is 11.8 Å². The number of carboxylic acids is 1. The average Bonchev–Trinajstić information content (AvgIpc) is 3.26. The summed E-state index contributed by atoms with van der Waals surface area (Å²) >= 11 is 0. The van der Waals surface area contributed by atoms with Crippen molar-refractivity contribution in [2.75, 3.05) is 7.05 Å². The lowest BCUT2D eigenvalue weighted by Gasteiger charge is -2.07. The average molecular weight is 312 g/mol. The van der Waals surface area contributed by atoms with Gasteiger partial charge in [0, 0.05) is 6.54 Å². The van der Waals surface area contributed by atoms with Gasteiger partial charge in [-0.15, -0.1) is 0 Å². The van der Waals surface area contributed by atoms with Crippen molar-refractivity contribution in [3.05, 3.63) is 29.8 Å². The van der Waals surface area contributed by atoms with Crippen molar-refractivity contribution in [1.82, 2.24) is 10.0 Å². The van der Waals surface area contributed by atoms with Crippen LogP contribution in [-0.2, 0) is 26.2 Å². The molecule has 1 amide bonds. The first kappa shape index (κ1) is 15.5. The number of nitrogens with one attached hydrogen (secondary N) is 2. The minimum atomic E-state index is -3.52. The Kier molecular flexibility index (Phi) is 4.29. The van der Waals surface area contributed by atoms with Gasteiger partial charge in [-0.25, -0.2) is 13.1 Å². The second-order valence-corrected chi connectivity index (χ2v) is 6.75. The van der Waals surface area contributed by atoms with E-state index < -0.39 is 27.8 Å². The highest BCUT2D eigenvalue weighted by atomic mass is 32.2. The number of benzene rings is 1.